The van der Waals surface area contributed by atoms with Crippen LogP contribution >= 0.6 is 27.5 Å². The zero-order valence-electron chi connectivity index (χ0n) is 11.8. The van der Waals surface area contributed by atoms with Crippen molar-refractivity contribution in [2.45, 2.75) is 50.5 Å². The third kappa shape index (κ3) is 4.06. The van der Waals surface area contributed by atoms with Crippen molar-refractivity contribution in [1.29, 1.82) is 0 Å². The van der Waals surface area contributed by atoms with Crippen LogP contribution in [0.25, 0.3) is 0 Å². The Morgan fingerprint density at radius 3 is 2.65 bits per heavy atom. The van der Waals surface area contributed by atoms with E-state index in [4.69, 9.17) is 11.6 Å². The molecule has 1 fully saturated rings. The lowest BCUT2D eigenvalue weighted by molar-refractivity contribution is -0.120. The van der Waals surface area contributed by atoms with E-state index >= 15 is 0 Å². The Bertz CT molecular complexity index is 483. The second-order valence-electron chi connectivity index (χ2n) is 5.72. The first kappa shape index (κ1) is 16.0. The Kier molecular flexibility index (Phi) is 5.65. The number of Topliss-reactive ketones (excluding diaryl/α,β-unsaturated/α-hetero) is 1. The predicted molar refractivity (Wildman–Crippen MR) is 87.4 cm³/mol. The molecule has 1 aliphatic rings. The molecule has 1 N–H and O–H groups in total. The maximum absolute atomic E-state index is 12.4. The van der Waals surface area contributed by atoms with Crippen LogP contribution in [0, 0.1) is 0 Å². The van der Waals surface area contributed by atoms with Crippen molar-refractivity contribution in [3.63, 3.8) is 0 Å². The summed E-state index contributed by atoms with van der Waals surface area (Å²) in [5.41, 5.74) is 0.930. The molecule has 1 aromatic carbocycles. The van der Waals surface area contributed by atoms with Gasteiger partial charge < -0.3 is 5.32 Å². The molecular formula is C16H21BrClNO. The Hall–Kier alpha value is -0.380. The Balaban J connectivity index is 2.00. The van der Waals surface area contributed by atoms with Crippen molar-refractivity contribution in [3.05, 3.63) is 33.3 Å². The molecule has 0 radical (unpaired) electrons. The van der Waals surface area contributed by atoms with E-state index < -0.39 is 0 Å². The molecule has 0 heterocycles. The average molecular weight is 359 g/mol. The van der Waals surface area contributed by atoms with Crippen LogP contribution in [0.3, 0.4) is 0 Å². The number of rotatable bonds is 5. The minimum absolute atomic E-state index is 0.0111. The Morgan fingerprint density at radius 2 is 2.05 bits per heavy atom. The molecule has 2 rings (SSSR count). The lowest BCUT2D eigenvalue weighted by Crippen LogP contribution is -2.46. The molecule has 0 bridgehead atoms. The minimum atomic E-state index is 0.0111. The van der Waals surface area contributed by atoms with Gasteiger partial charge in [0, 0.05) is 27.9 Å². The second kappa shape index (κ2) is 7.06. The van der Waals surface area contributed by atoms with Gasteiger partial charge in [0.15, 0.2) is 0 Å². The SMILES string of the molecule is CNC1(CC(=O)Cc2ccc(Br)cc2Cl)CCCCC1. The first-order valence-electron chi connectivity index (χ1n) is 7.19. The number of benzene rings is 1. The van der Waals surface area contributed by atoms with E-state index in [1.807, 2.05) is 25.2 Å². The van der Waals surface area contributed by atoms with Crippen LogP contribution in [0.5, 0.6) is 0 Å². The summed E-state index contributed by atoms with van der Waals surface area (Å²) in [6, 6.07) is 5.71. The maximum atomic E-state index is 12.4. The molecule has 0 aliphatic heterocycles. The van der Waals surface area contributed by atoms with E-state index in [1.165, 1.54) is 19.3 Å². The number of carbonyl (C=O) groups is 1. The van der Waals surface area contributed by atoms with Crippen molar-refractivity contribution in [3.8, 4) is 0 Å². The van der Waals surface area contributed by atoms with E-state index in [1.54, 1.807) is 0 Å². The Labute approximate surface area is 134 Å². The molecule has 1 aromatic rings. The van der Waals surface area contributed by atoms with Crippen molar-refractivity contribution >= 4 is 33.3 Å². The van der Waals surface area contributed by atoms with E-state index in [-0.39, 0.29) is 11.3 Å². The summed E-state index contributed by atoms with van der Waals surface area (Å²) in [6.07, 6.45) is 6.95. The first-order chi connectivity index (χ1) is 9.54. The highest BCUT2D eigenvalue weighted by Crippen LogP contribution is 2.31. The van der Waals surface area contributed by atoms with Crippen LogP contribution in [0.4, 0.5) is 0 Å². The van der Waals surface area contributed by atoms with Crippen LogP contribution in [0.1, 0.15) is 44.1 Å². The summed E-state index contributed by atoms with van der Waals surface area (Å²) in [7, 11) is 1.98. The van der Waals surface area contributed by atoms with Gasteiger partial charge in [-0.05, 0) is 37.6 Å². The van der Waals surface area contributed by atoms with Crippen LogP contribution in [0.15, 0.2) is 22.7 Å². The molecular weight excluding hydrogens is 338 g/mol. The molecule has 1 saturated carbocycles. The summed E-state index contributed by atoms with van der Waals surface area (Å²) in [5, 5.41) is 4.06. The van der Waals surface area contributed by atoms with Crippen LogP contribution in [-0.4, -0.2) is 18.4 Å². The first-order valence-corrected chi connectivity index (χ1v) is 8.36. The van der Waals surface area contributed by atoms with Crippen molar-refractivity contribution in [2.75, 3.05) is 7.05 Å². The molecule has 0 aromatic heterocycles. The van der Waals surface area contributed by atoms with Gasteiger partial charge in [-0.3, -0.25) is 4.79 Å². The summed E-state index contributed by atoms with van der Waals surface area (Å²) < 4.78 is 0.942. The molecule has 20 heavy (non-hydrogen) atoms. The summed E-state index contributed by atoms with van der Waals surface area (Å²) in [5.74, 6) is 0.269. The summed E-state index contributed by atoms with van der Waals surface area (Å²) >= 11 is 9.57. The minimum Gasteiger partial charge on any atom is -0.314 e. The van der Waals surface area contributed by atoms with Gasteiger partial charge in [0.25, 0.3) is 0 Å². The van der Waals surface area contributed by atoms with Crippen molar-refractivity contribution in [1.82, 2.24) is 5.32 Å². The van der Waals surface area contributed by atoms with Gasteiger partial charge in [0.05, 0.1) is 0 Å². The van der Waals surface area contributed by atoms with Gasteiger partial charge in [-0.15, -0.1) is 0 Å². The molecule has 0 amide bonds. The fraction of sp³-hybridized carbons (Fsp3) is 0.562. The fourth-order valence-corrected chi connectivity index (χ4v) is 3.80. The maximum Gasteiger partial charge on any atom is 0.139 e. The Morgan fingerprint density at radius 1 is 1.35 bits per heavy atom. The van der Waals surface area contributed by atoms with E-state index in [0.717, 1.165) is 22.9 Å². The topological polar surface area (TPSA) is 29.1 Å². The molecule has 110 valence electrons. The number of hydrogen-bond acceptors (Lipinski definition) is 2. The van der Waals surface area contributed by atoms with Gasteiger partial charge in [0.1, 0.15) is 5.78 Å². The third-order valence-electron chi connectivity index (χ3n) is 4.28. The number of hydrogen-bond donors (Lipinski definition) is 1. The lowest BCUT2D eigenvalue weighted by atomic mass is 9.78. The number of ketones is 1. The molecule has 4 heteroatoms. The molecule has 1 aliphatic carbocycles. The van der Waals surface area contributed by atoms with Gasteiger partial charge >= 0.3 is 0 Å². The highest BCUT2D eigenvalue weighted by Gasteiger charge is 2.32. The molecule has 0 atom stereocenters. The molecule has 0 spiro atoms. The summed E-state index contributed by atoms with van der Waals surface area (Å²) in [6.45, 7) is 0. The number of halogens is 2. The average Bonchev–Trinajstić information content (AvgIpc) is 2.43. The summed E-state index contributed by atoms with van der Waals surface area (Å²) in [4.78, 5) is 12.4. The smallest absolute Gasteiger partial charge is 0.139 e. The lowest BCUT2D eigenvalue weighted by Gasteiger charge is -2.36. The van der Waals surface area contributed by atoms with Gasteiger partial charge in [-0.25, -0.2) is 0 Å². The van der Waals surface area contributed by atoms with Crippen molar-refractivity contribution in [2.24, 2.45) is 0 Å². The van der Waals surface area contributed by atoms with Crippen molar-refractivity contribution < 1.29 is 4.79 Å². The number of nitrogens with one attached hydrogen (secondary N) is 1. The third-order valence-corrected chi connectivity index (χ3v) is 5.12. The zero-order chi connectivity index (χ0) is 14.6. The molecule has 0 unspecified atom stereocenters. The number of carbonyl (C=O) groups excluding carboxylic acids is 1. The highest BCUT2D eigenvalue weighted by atomic mass is 79.9. The second-order valence-corrected chi connectivity index (χ2v) is 7.04. The van der Waals surface area contributed by atoms with Crippen LogP contribution in [0.2, 0.25) is 5.02 Å². The van der Waals surface area contributed by atoms with E-state index in [9.17, 15) is 4.79 Å². The van der Waals surface area contributed by atoms with E-state index in [0.29, 0.717) is 17.9 Å². The van der Waals surface area contributed by atoms with Crippen LogP contribution in [-0.2, 0) is 11.2 Å². The quantitative estimate of drug-likeness (QED) is 0.838. The van der Waals surface area contributed by atoms with E-state index in [2.05, 4.69) is 21.2 Å². The molecule has 2 nitrogen and oxygen atoms in total. The largest absolute Gasteiger partial charge is 0.314 e. The normalized spacial score (nSPS) is 17.9. The van der Waals surface area contributed by atoms with Gasteiger partial charge in [0.2, 0.25) is 0 Å². The predicted octanol–water partition coefficient (Wildman–Crippen LogP) is 4.53. The fourth-order valence-electron chi connectivity index (χ4n) is 3.06. The highest BCUT2D eigenvalue weighted by molar-refractivity contribution is 9.10. The van der Waals surface area contributed by atoms with Gasteiger partial charge in [-0.1, -0.05) is 52.9 Å². The van der Waals surface area contributed by atoms with Crippen LogP contribution < -0.4 is 5.32 Å². The zero-order valence-corrected chi connectivity index (χ0v) is 14.2. The van der Waals surface area contributed by atoms with Gasteiger partial charge in [-0.2, -0.15) is 0 Å². The monoisotopic (exact) mass is 357 g/mol. The standard InChI is InChI=1S/C16H21BrClNO/c1-19-16(7-3-2-4-8-16)11-14(20)9-12-5-6-13(17)10-15(12)18/h5-6,10,19H,2-4,7-9,11H2,1H3. The molecule has 0 saturated heterocycles.